The van der Waals surface area contributed by atoms with E-state index in [1.165, 1.54) is 0 Å². The number of H-pyrrole nitrogens is 1. The van der Waals surface area contributed by atoms with E-state index in [0.717, 1.165) is 6.42 Å². The molecule has 0 amide bonds. The van der Waals surface area contributed by atoms with Crippen molar-refractivity contribution in [1.82, 2.24) is 14.5 Å². The Bertz CT molecular complexity index is 707. The van der Waals surface area contributed by atoms with E-state index in [2.05, 4.69) is 9.97 Å². The van der Waals surface area contributed by atoms with E-state index in [-0.39, 0.29) is 23.8 Å². The Hall–Kier alpha value is -1.93. The fraction of sp³-hybridized carbons (Fsp3) is 0.583. The molecule has 0 radical (unpaired) electrons. The molecule has 0 aliphatic carbocycles. The molecule has 2 aromatic rings. The predicted octanol–water partition coefficient (Wildman–Crippen LogP) is -0.810. The summed E-state index contributed by atoms with van der Waals surface area (Å²) in [5.41, 5.74) is 6.20. The second-order valence-corrected chi connectivity index (χ2v) is 5.10. The molecule has 2 aromatic heterocycles. The minimum absolute atomic E-state index is 0.0630. The first-order valence-corrected chi connectivity index (χ1v) is 6.60. The van der Waals surface area contributed by atoms with Gasteiger partial charge in [0.2, 0.25) is 18.5 Å². The van der Waals surface area contributed by atoms with Gasteiger partial charge in [0.05, 0.1) is 19.3 Å². The molecule has 1 saturated heterocycles. The first-order valence-electron chi connectivity index (χ1n) is 6.60. The van der Waals surface area contributed by atoms with E-state index >= 15 is 0 Å². The number of nitrogen functional groups attached to an aromatic ring is 1. The molecular formula is C12H18N5O3+. The third kappa shape index (κ3) is 1.88. The van der Waals surface area contributed by atoms with Gasteiger partial charge in [-0.1, -0.05) is 6.92 Å². The SMILES string of the molecule is CCC1O[C@@H](n2c[n+](C)c3c(=O)[nH]c(N)nc32)C[C@H]1O. The van der Waals surface area contributed by atoms with E-state index < -0.39 is 6.10 Å². The standard InChI is InChI=1S/C12H17N5O3/c1-3-7-6(18)4-8(20-7)17-5-16(2)9-10(17)14-12(13)15-11(9)19/h5-8,18H,3-4H2,1-2H3,(H2-,13,14,15,19)/p+1/t6-,7?,8-/m1/s1. The molecule has 20 heavy (non-hydrogen) atoms. The van der Waals surface area contributed by atoms with Gasteiger partial charge in [-0.25, -0.2) is 4.57 Å². The maximum absolute atomic E-state index is 11.9. The molecule has 3 atom stereocenters. The summed E-state index contributed by atoms with van der Waals surface area (Å²) < 4.78 is 9.24. The maximum atomic E-state index is 11.9. The molecule has 108 valence electrons. The van der Waals surface area contributed by atoms with Gasteiger partial charge in [-0.05, 0) is 6.42 Å². The highest BCUT2D eigenvalue weighted by Crippen LogP contribution is 2.31. The van der Waals surface area contributed by atoms with Crippen molar-refractivity contribution in [3.05, 3.63) is 16.7 Å². The smallest absolute Gasteiger partial charge is 0.304 e. The Morgan fingerprint density at radius 1 is 1.70 bits per heavy atom. The van der Waals surface area contributed by atoms with E-state index in [4.69, 9.17) is 10.5 Å². The molecule has 1 fully saturated rings. The number of aryl methyl sites for hydroxylation is 1. The largest absolute Gasteiger partial charge is 0.390 e. The van der Waals surface area contributed by atoms with Crippen molar-refractivity contribution in [3.63, 3.8) is 0 Å². The minimum Gasteiger partial charge on any atom is -0.390 e. The zero-order valence-electron chi connectivity index (χ0n) is 11.4. The zero-order valence-corrected chi connectivity index (χ0v) is 11.4. The Labute approximate surface area is 114 Å². The van der Waals surface area contributed by atoms with Crippen LogP contribution in [0, 0.1) is 0 Å². The van der Waals surface area contributed by atoms with Crippen LogP contribution in [0.2, 0.25) is 0 Å². The lowest BCUT2D eigenvalue weighted by Gasteiger charge is -2.10. The summed E-state index contributed by atoms with van der Waals surface area (Å²) in [6, 6.07) is 0. The summed E-state index contributed by atoms with van der Waals surface area (Å²) in [4.78, 5) is 18.6. The number of hydrogen-bond acceptors (Lipinski definition) is 5. The molecule has 0 aromatic carbocycles. The van der Waals surface area contributed by atoms with Crippen LogP contribution in [0.5, 0.6) is 0 Å². The van der Waals surface area contributed by atoms with Gasteiger partial charge >= 0.3 is 5.56 Å². The fourth-order valence-corrected chi connectivity index (χ4v) is 2.73. The van der Waals surface area contributed by atoms with E-state index in [9.17, 15) is 9.90 Å². The van der Waals surface area contributed by atoms with Gasteiger partial charge in [0.15, 0.2) is 0 Å². The van der Waals surface area contributed by atoms with Gasteiger partial charge in [-0.15, -0.1) is 0 Å². The van der Waals surface area contributed by atoms with Gasteiger partial charge in [0, 0.05) is 6.42 Å². The number of hydrogen-bond donors (Lipinski definition) is 3. The Kier molecular flexibility index (Phi) is 2.98. The quantitative estimate of drug-likeness (QED) is 0.623. The Morgan fingerprint density at radius 3 is 3.10 bits per heavy atom. The highest BCUT2D eigenvalue weighted by atomic mass is 16.5. The number of anilines is 1. The number of nitrogens with zero attached hydrogens (tertiary/aromatic N) is 3. The van der Waals surface area contributed by atoms with Crippen molar-refractivity contribution in [3.8, 4) is 0 Å². The average Bonchev–Trinajstić information content (AvgIpc) is 2.90. The van der Waals surface area contributed by atoms with Crippen molar-refractivity contribution in [1.29, 1.82) is 0 Å². The second-order valence-electron chi connectivity index (χ2n) is 5.10. The van der Waals surface area contributed by atoms with Crippen molar-refractivity contribution in [2.45, 2.75) is 38.2 Å². The third-order valence-corrected chi connectivity index (χ3v) is 3.71. The van der Waals surface area contributed by atoms with Gasteiger partial charge in [-0.3, -0.25) is 9.78 Å². The van der Waals surface area contributed by atoms with Crippen molar-refractivity contribution < 1.29 is 14.4 Å². The predicted molar refractivity (Wildman–Crippen MR) is 70.8 cm³/mol. The molecule has 1 aliphatic rings. The molecule has 1 unspecified atom stereocenters. The monoisotopic (exact) mass is 280 g/mol. The molecular weight excluding hydrogens is 262 g/mol. The first-order chi connectivity index (χ1) is 9.51. The molecule has 8 heteroatoms. The summed E-state index contributed by atoms with van der Waals surface area (Å²) in [5, 5.41) is 9.95. The Morgan fingerprint density at radius 2 is 2.45 bits per heavy atom. The molecule has 0 saturated carbocycles. The highest BCUT2D eigenvalue weighted by Gasteiger charge is 2.38. The van der Waals surface area contributed by atoms with Crippen LogP contribution in [0.3, 0.4) is 0 Å². The molecule has 4 N–H and O–H groups in total. The number of ether oxygens (including phenoxy) is 1. The third-order valence-electron chi connectivity index (χ3n) is 3.71. The number of aliphatic hydroxyl groups excluding tert-OH is 1. The lowest BCUT2D eigenvalue weighted by molar-refractivity contribution is -0.646. The summed E-state index contributed by atoms with van der Waals surface area (Å²) in [7, 11) is 1.76. The highest BCUT2D eigenvalue weighted by molar-refractivity contribution is 5.66. The summed E-state index contributed by atoms with van der Waals surface area (Å²) >= 11 is 0. The van der Waals surface area contributed by atoms with Crippen LogP contribution in [0.4, 0.5) is 5.95 Å². The lowest BCUT2D eigenvalue weighted by Crippen LogP contribution is -2.31. The maximum Gasteiger partial charge on any atom is 0.304 e. The van der Waals surface area contributed by atoms with Crippen LogP contribution >= 0.6 is 0 Å². The van der Waals surface area contributed by atoms with Gasteiger partial charge in [0.1, 0.15) is 0 Å². The summed E-state index contributed by atoms with van der Waals surface area (Å²) in [6.07, 6.45) is 1.90. The number of aliphatic hydroxyl groups is 1. The number of fused-ring (bicyclic) bond motifs is 1. The molecule has 0 bridgehead atoms. The van der Waals surface area contributed by atoms with Crippen molar-refractivity contribution in [2.75, 3.05) is 5.73 Å². The van der Waals surface area contributed by atoms with Crippen LogP contribution in [0.15, 0.2) is 11.1 Å². The number of imidazole rings is 1. The number of aromatic amines is 1. The van der Waals surface area contributed by atoms with Crippen LogP contribution in [0.25, 0.3) is 11.2 Å². The lowest BCUT2D eigenvalue weighted by atomic mass is 10.1. The van der Waals surface area contributed by atoms with Crippen molar-refractivity contribution >= 4 is 17.1 Å². The van der Waals surface area contributed by atoms with E-state index in [0.29, 0.717) is 17.6 Å². The summed E-state index contributed by atoms with van der Waals surface area (Å²) in [6.45, 7) is 1.96. The number of rotatable bonds is 2. The zero-order chi connectivity index (χ0) is 14.4. The molecule has 0 spiro atoms. The number of aromatic nitrogens is 4. The molecule has 3 heterocycles. The van der Waals surface area contributed by atoms with Gasteiger partial charge in [0.25, 0.3) is 11.2 Å². The molecule has 3 rings (SSSR count). The van der Waals surface area contributed by atoms with Crippen LogP contribution in [0.1, 0.15) is 26.0 Å². The van der Waals surface area contributed by atoms with Gasteiger partial charge in [-0.2, -0.15) is 9.55 Å². The Balaban J connectivity index is 2.11. The summed E-state index contributed by atoms with van der Waals surface area (Å²) in [5.74, 6) is 0.0630. The molecule has 8 nitrogen and oxygen atoms in total. The molecule has 1 aliphatic heterocycles. The first kappa shape index (κ1) is 13.1. The number of nitrogens with two attached hydrogens (primary N) is 1. The topological polar surface area (TPSA) is 110 Å². The van der Waals surface area contributed by atoms with E-state index in [1.54, 1.807) is 22.5 Å². The average molecular weight is 280 g/mol. The van der Waals surface area contributed by atoms with Crippen LogP contribution in [-0.2, 0) is 11.8 Å². The van der Waals surface area contributed by atoms with Crippen molar-refractivity contribution in [2.24, 2.45) is 7.05 Å². The fourth-order valence-electron chi connectivity index (χ4n) is 2.73. The second kappa shape index (κ2) is 4.57. The number of nitrogens with one attached hydrogen (secondary N) is 1. The van der Waals surface area contributed by atoms with Crippen LogP contribution in [-0.4, -0.2) is 31.8 Å². The normalized spacial score (nSPS) is 26.4. The van der Waals surface area contributed by atoms with Crippen LogP contribution < -0.4 is 15.9 Å². The minimum atomic E-state index is -0.507. The van der Waals surface area contributed by atoms with Gasteiger partial charge < -0.3 is 15.6 Å². The van der Waals surface area contributed by atoms with E-state index in [1.807, 2.05) is 6.92 Å².